The van der Waals surface area contributed by atoms with Gasteiger partial charge in [-0.05, 0) is 49.0 Å². The molecular formula is C33H37N7O3. The molecule has 2 atom stereocenters. The molecule has 2 aliphatic rings. The lowest BCUT2D eigenvalue weighted by Crippen LogP contribution is -2.31. The zero-order valence-electron chi connectivity index (χ0n) is 24.8. The molecule has 0 spiro atoms. The first-order valence-electron chi connectivity index (χ1n) is 14.5. The Morgan fingerprint density at radius 2 is 1.93 bits per heavy atom. The van der Waals surface area contributed by atoms with Crippen molar-refractivity contribution in [3.05, 3.63) is 85.2 Å². The number of carbonyl (C=O) groups is 1. The predicted octanol–water partition coefficient (Wildman–Crippen LogP) is 5.53. The van der Waals surface area contributed by atoms with Gasteiger partial charge in [0, 0.05) is 37.7 Å². The Morgan fingerprint density at radius 3 is 2.72 bits per heavy atom. The number of anilines is 5. The van der Waals surface area contributed by atoms with Gasteiger partial charge in [0.25, 0.3) is 0 Å². The first-order chi connectivity index (χ1) is 20.9. The Bertz CT molecular complexity index is 1640. The summed E-state index contributed by atoms with van der Waals surface area (Å²) in [5.41, 5.74) is 3.42. The summed E-state index contributed by atoms with van der Waals surface area (Å²) in [5.74, 6) is 1.57. The van der Waals surface area contributed by atoms with Crippen molar-refractivity contribution < 1.29 is 14.4 Å². The molecule has 1 amide bonds. The van der Waals surface area contributed by atoms with Gasteiger partial charge in [0.2, 0.25) is 5.91 Å². The molecule has 43 heavy (non-hydrogen) atoms. The second-order valence-electron chi connectivity index (χ2n) is 11.0. The van der Waals surface area contributed by atoms with E-state index in [1.165, 1.54) is 28.7 Å². The van der Waals surface area contributed by atoms with Crippen LogP contribution in [0.2, 0.25) is 0 Å². The maximum absolute atomic E-state index is 12.4. The molecule has 6 rings (SSSR count). The summed E-state index contributed by atoms with van der Waals surface area (Å²) >= 11 is 0. The number of nitrogens with zero attached hydrogens (tertiary/aromatic N) is 5. The smallest absolute Gasteiger partial charge is 0.247 e. The summed E-state index contributed by atoms with van der Waals surface area (Å²) in [6.07, 6.45) is 4.67. The number of ether oxygens (including phenoxy) is 1. The monoisotopic (exact) mass is 579 g/mol. The summed E-state index contributed by atoms with van der Waals surface area (Å²) in [6.45, 7) is 5.94. The molecule has 10 nitrogen and oxygen atoms in total. The van der Waals surface area contributed by atoms with E-state index in [9.17, 15) is 4.79 Å². The molecular weight excluding hydrogens is 542 g/mol. The Morgan fingerprint density at radius 1 is 1.09 bits per heavy atom. The fraction of sp³-hybridized carbons (Fsp3) is 0.303. The van der Waals surface area contributed by atoms with Gasteiger partial charge in [-0.25, -0.2) is 15.0 Å². The van der Waals surface area contributed by atoms with Crippen molar-refractivity contribution in [1.29, 1.82) is 0 Å². The molecule has 4 aromatic rings. The van der Waals surface area contributed by atoms with Crippen LogP contribution in [0.5, 0.6) is 5.75 Å². The van der Waals surface area contributed by atoms with Gasteiger partial charge in [0.15, 0.2) is 5.82 Å². The predicted molar refractivity (Wildman–Crippen MR) is 171 cm³/mol. The summed E-state index contributed by atoms with van der Waals surface area (Å²) in [5, 5.41) is 10.6. The molecule has 10 heteroatoms. The van der Waals surface area contributed by atoms with Crippen molar-refractivity contribution in [3.8, 4) is 5.75 Å². The van der Waals surface area contributed by atoms with E-state index >= 15 is 0 Å². The van der Waals surface area contributed by atoms with E-state index in [0.29, 0.717) is 41.4 Å². The number of hydroxylamine groups is 1. The van der Waals surface area contributed by atoms with Crippen molar-refractivity contribution in [3.63, 3.8) is 0 Å². The van der Waals surface area contributed by atoms with Crippen molar-refractivity contribution in [2.75, 3.05) is 61.5 Å². The quantitative estimate of drug-likeness (QED) is 0.248. The molecule has 222 valence electrons. The van der Waals surface area contributed by atoms with E-state index in [1.54, 1.807) is 7.11 Å². The van der Waals surface area contributed by atoms with Gasteiger partial charge < -0.3 is 25.2 Å². The fourth-order valence-corrected chi connectivity index (χ4v) is 5.96. The first-order valence-corrected chi connectivity index (χ1v) is 14.5. The van der Waals surface area contributed by atoms with Crippen LogP contribution in [0.4, 0.5) is 28.7 Å². The summed E-state index contributed by atoms with van der Waals surface area (Å²) in [6, 6.07) is 20.9. The highest BCUT2D eigenvalue weighted by Gasteiger charge is 2.31. The number of methoxy groups -OCH3 is 1. The zero-order valence-corrected chi connectivity index (χ0v) is 24.8. The van der Waals surface area contributed by atoms with E-state index < -0.39 is 0 Å². The summed E-state index contributed by atoms with van der Waals surface area (Å²) in [7, 11) is 5.82. The molecule has 2 aliphatic heterocycles. The molecule has 1 aromatic heterocycles. The number of hydrogen-bond donors (Lipinski definition) is 2. The topological polar surface area (TPSA) is 95.1 Å². The molecule has 3 aromatic carbocycles. The van der Waals surface area contributed by atoms with E-state index in [4.69, 9.17) is 9.57 Å². The van der Waals surface area contributed by atoms with Crippen LogP contribution in [0.1, 0.15) is 24.4 Å². The molecule has 0 aliphatic carbocycles. The minimum Gasteiger partial charge on any atom is -0.494 e. The highest BCUT2D eigenvalue weighted by Crippen LogP contribution is 2.41. The Kier molecular flexibility index (Phi) is 8.13. The highest BCUT2D eigenvalue weighted by molar-refractivity contribution is 6.02. The van der Waals surface area contributed by atoms with Gasteiger partial charge >= 0.3 is 0 Å². The van der Waals surface area contributed by atoms with Gasteiger partial charge in [0.05, 0.1) is 36.8 Å². The summed E-state index contributed by atoms with van der Waals surface area (Å²) in [4.78, 5) is 32.1. The molecule has 0 radical (unpaired) electrons. The first kappa shape index (κ1) is 28.4. The molecule has 2 N–H and O–H groups in total. The second-order valence-corrected chi connectivity index (χ2v) is 11.0. The largest absolute Gasteiger partial charge is 0.494 e. The van der Waals surface area contributed by atoms with Crippen LogP contribution < -0.4 is 25.3 Å². The van der Waals surface area contributed by atoms with Crippen molar-refractivity contribution >= 4 is 45.4 Å². The molecule has 2 saturated heterocycles. The maximum Gasteiger partial charge on any atom is 0.247 e. The molecule has 2 fully saturated rings. The van der Waals surface area contributed by atoms with E-state index in [0.717, 1.165) is 31.6 Å². The number of hydrogen-bond acceptors (Lipinski definition) is 9. The van der Waals surface area contributed by atoms with Gasteiger partial charge in [-0.3, -0.25) is 9.63 Å². The van der Waals surface area contributed by atoms with E-state index in [-0.39, 0.29) is 11.9 Å². The number of fused-ring (bicyclic) bond motifs is 1. The normalized spacial score (nSPS) is 18.3. The van der Waals surface area contributed by atoms with Crippen LogP contribution in [-0.4, -0.2) is 67.7 Å². The Labute approximate surface area is 251 Å². The van der Waals surface area contributed by atoms with E-state index in [2.05, 4.69) is 93.5 Å². The number of rotatable bonds is 9. The van der Waals surface area contributed by atoms with Gasteiger partial charge in [-0.1, -0.05) is 49.0 Å². The van der Waals surface area contributed by atoms with Crippen LogP contribution in [0, 0.1) is 0 Å². The van der Waals surface area contributed by atoms with E-state index in [1.807, 2.05) is 23.3 Å². The average molecular weight is 580 g/mol. The van der Waals surface area contributed by atoms with Gasteiger partial charge in [0.1, 0.15) is 17.9 Å². The molecule has 0 bridgehead atoms. The highest BCUT2D eigenvalue weighted by atomic mass is 16.7. The van der Waals surface area contributed by atoms with Gasteiger partial charge in [-0.2, -0.15) is 0 Å². The third-order valence-corrected chi connectivity index (χ3v) is 8.22. The number of nitrogens with one attached hydrogen (secondary N) is 2. The number of carbonyl (C=O) groups excluding carboxylic acids is 1. The Balaban J connectivity index is 1.30. The molecule has 3 heterocycles. The zero-order chi connectivity index (χ0) is 29.9. The number of likely N-dealkylation sites (N-methyl/N-ethyl adjacent to an activating group) is 1. The minimum absolute atomic E-state index is 0.00911. The number of benzene rings is 3. The maximum atomic E-state index is 12.4. The van der Waals surface area contributed by atoms with Gasteiger partial charge in [-0.15, -0.1) is 0 Å². The summed E-state index contributed by atoms with van der Waals surface area (Å²) < 4.78 is 5.81. The lowest BCUT2D eigenvalue weighted by Gasteiger charge is -2.26. The van der Waals surface area contributed by atoms with Crippen LogP contribution in [0.25, 0.3) is 10.8 Å². The lowest BCUT2D eigenvalue weighted by atomic mass is 9.97. The van der Waals surface area contributed by atoms with Crippen LogP contribution in [-0.2, 0) is 9.63 Å². The van der Waals surface area contributed by atoms with Crippen LogP contribution in [0.15, 0.2) is 79.6 Å². The van der Waals surface area contributed by atoms with Crippen LogP contribution >= 0.6 is 0 Å². The third-order valence-electron chi connectivity index (χ3n) is 8.22. The van der Waals surface area contributed by atoms with Crippen LogP contribution in [0.3, 0.4) is 0 Å². The second kappa shape index (κ2) is 12.3. The Hall–Kier alpha value is -4.67. The SMILES string of the molecule is C=CC(=O)Nc1cc(Nc2cc(N3OCCC3c3cccc4ccccc34)ncn2)c(OC)cc1N1CCC(N(C)C)C1. The molecule has 0 saturated carbocycles. The fourth-order valence-electron chi connectivity index (χ4n) is 5.96. The average Bonchev–Trinajstić information content (AvgIpc) is 3.72. The van der Waals surface area contributed by atoms with Crippen molar-refractivity contribution in [1.82, 2.24) is 14.9 Å². The minimum atomic E-state index is -0.282. The molecule has 2 unspecified atom stereocenters. The third kappa shape index (κ3) is 5.84. The van der Waals surface area contributed by atoms with Crippen molar-refractivity contribution in [2.24, 2.45) is 0 Å². The lowest BCUT2D eigenvalue weighted by molar-refractivity contribution is -0.111. The number of aromatic nitrogens is 2. The standard InChI is InChI=1S/C33H37N7O3/c1-5-33(41)37-26-17-27(30(42-4)18-29(26)39-15-13-23(20-39)38(2)3)36-31-19-32(35-21-34-31)40-28(14-16-43-40)25-12-8-10-22-9-6-7-11-24(22)25/h5-12,17-19,21,23,28H,1,13-16,20H2,2-4H3,(H,37,41)(H,34,35,36). The number of amides is 1. The van der Waals surface area contributed by atoms with Crippen molar-refractivity contribution in [2.45, 2.75) is 24.9 Å².